The molecule has 1 fully saturated rings. The molecule has 2 rings (SSSR count). The second-order valence-electron chi connectivity index (χ2n) is 4.59. The first-order chi connectivity index (χ1) is 9.90. The summed E-state index contributed by atoms with van der Waals surface area (Å²) in [5.41, 5.74) is 0.619. The standard InChI is InChI=1S/C12H18N4O4S/c1-20-11-4-2-3-10(9-11)14-12(17)15-5-7-16(8-6-15)21(13,18)19/h2-4,9H,5-8H2,1H3,(H,14,17)(H2,13,18,19). The van der Waals surface area contributed by atoms with Gasteiger partial charge in [0.1, 0.15) is 5.75 Å². The van der Waals surface area contributed by atoms with Gasteiger partial charge in [-0.15, -0.1) is 0 Å². The first-order valence-electron chi connectivity index (χ1n) is 6.38. The Hall–Kier alpha value is -1.84. The number of carbonyl (C=O) groups excluding carboxylic acids is 1. The Morgan fingerprint density at radius 3 is 2.52 bits per heavy atom. The van der Waals surface area contributed by atoms with Crippen molar-refractivity contribution in [3.63, 3.8) is 0 Å². The molecule has 3 N–H and O–H groups in total. The minimum absolute atomic E-state index is 0.199. The van der Waals surface area contributed by atoms with Gasteiger partial charge in [-0.2, -0.15) is 12.7 Å². The van der Waals surface area contributed by atoms with Crippen molar-refractivity contribution < 1.29 is 17.9 Å². The van der Waals surface area contributed by atoms with Crippen LogP contribution < -0.4 is 15.2 Å². The van der Waals surface area contributed by atoms with E-state index in [1.165, 1.54) is 0 Å². The third kappa shape index (κ3) is 4.06. The Balaban J connectivity index is 1.93. The van der Waals surface area contributed by atoms with Gasteiger partial charge >= 0.3 is 6.03 Å². The summed E-state index contributed by atoms with van der Waals surface area (Å²) in [4.78, 5) is 13.6. The van der Waals surface area contributed by atoms with Crippen molar-refractivity contribution in [1.82, 2.24) is 9.21 Å². The second kappa shape index (κ2) is 6.29. The van der Waals surface area contributed by atoms with Gasteiger partial charge < -0.3 is 15.0 Å². The zero-order valence-electron chi connectivity index (χ0n) is 11.7. The molecular formula is C12H18N4O4S. The van der Waals surface area contributed by atoms with Gasteiger partial charge in [-0.05, 0) is 12.1 Å². The predicted molar refractivity (Wildman–Crippen MR) is 78.3 cm³/mol. The SMILES string of the molecule is COc1cccc(NC(=O)N2CCN(S(N)(=O)=O)CC2)c1. The number of rotatable bonds is 3. The van der Waals surface area contributed by atoms with Gasteiger partial charge in [-0.3, -0.25) is 0 Å². The highest BCUT2D eigenvalue weighted by Crippen LogP contribution is 2.17. The molecule has 21 heavy (non-hydrogen) atoms. The smallest absolute Gasteiger partial charge is 0.321 e. The van der Waals surface area contributed by atoms with Crippen LogP contribution in [0.3, 0.4) is 0 Å². The zero-order chi connectivity index (χ0) is 15.5. The topological polar surface area (TPSA) is 105 Å². The van der Waals surface area contributed by atoms with Crippen molar-refractivity contribution in [3.8, 4) is 5.75 Å². The first-order valence-corrected chi connectivity index (χ1v) is 7.88. The fraction of sp³-hybridized carbons (Fsp3) is 0.417. The van der Waals surface area contributed by atoms with Crippen molar-refractivity contribution in [1.29, 1.82) is 0 Å². The lowest BCUT2D eigenvalue weighted by atomic mass is 10.3. The zero-order valence-corrected chi connectivity index (χ0v) is 12.5. The Kier molecular flexibility index (Phi) is 4.66. The third-order valence-electron chi connectivity index (χ3n) is 3.21. The second-order valence-corrected chi connectivity index (χ2v) is 6.14. The van der Waals surface area contributed by atoms with Crippen molar-refractivity contribution in [3.05, 3.63) is 24.3 Å². The first kappa shape index (κ1) is 15.5. The molecule has 0 spiro atoms. The summed E-state index contributed by atoms with van der Waals surface area (Å²) in [7, 11) is -2.14. The lowest BCUT2D eigenvalue weighted by molar-refractivity contribution is 0.184. The number of urea groups is 1. The predicted octanol–water partition coefficient (Wildman–Crippen LogP) is 0.0482. The van der Waals surface area contributed by atoms with Crippen molar-refractivity contribution in [2.45, 2.75) is 0 Å². The Bertz CT molecular complexity index is 611. The van der Waals surface area contributed by atoms with E-state index in [2.05, 4.69) is 5.32 Å². The van der Waals surface area contributed by atoms with Crippen LogP contribution in [0, 0.1) is 0 Å². The van der Waals surface area contributed by atoms with Crippen LogP contribution in [0.5, 0.6) is 5.75 Å². The largest absolute Gasteiger partial charge is 0.497 e. The number of piperazine rings is 1. The number of nitrogens with one attached hydrogen (secondary N) is 1. The fourth-order valence-corrected chi connectivity index (χ4v) is 2.72. The van der Waals surface area contributed by atoms with Gasteiger partial charge in [-0.25, -0.2) is 9.93 Å². The molecule has 0 saturated carbocycles. The molecule has 0 unspecified atom stereocenters. The van der Waals surface area contributed by atoms with Gasteiger partial charge in [0.15, 0.2) is 0 Å². The normalized spacial score (nSPS) is 16.6. The molecule has 1 saturated heterocycles. The molecule has 0 radical (unpaired) electrons. The highest BCUT2D eigenvalue weighted by molar-refractivity contribution is 7.86. The number of methoxy groups -OCH3 is 1. The van der Waals surface area contributed by atoms with Crippen molar-refractivity contribution in [2.75, 3.05) is 38.6 Å². The van der Waals surface area contributed by atoms with Crippen LogP contribution in [-0.2, 0) is 10.2 Å². The maximum Gasteiger partial charge on any atom is 0.321 e. The minimum Gasteiger partial charge on any atom is -0.497 e. The van der Waals surface area contributed by atoms with Gasteiger partial charge in [0.2, 0.25) is 0 Å². The van der Waals surface area contributed by atoms with E-state index in [0.717, 1.165) is 4.31 Å². The Labute approximate surface area is 123 Å². The van der Waals surface area contributed by atoms with Crippen molar-refractivity contribution >= 4 is 21.9 Å². The van der Waals surface area contributed by atoms with Crippen LogP contribution in [0.4, 0.5) is 10.5 Å². The van der Waals surface area contributed by atoms with E-state index in [4.69, 9.17) is 9.88 Å². The molecule has 1 aliphatic rings. The average Bonchev–Trinajstić information content (AvgIpc) is 2.46. The molecule has 1 aromatic rings. The Morgan fingerprint density at radius 2 is 1.95 bits per heavy atom. The van der Waals surface area contributed by atoms with Crippen molar-refractivity contribution in [2.24, 2.45) is 5.14 Å². The molecule has 9 heteroatoms. The third-order valence-corrected chi connectivity index (χ3v) is 4.29. The molecule has 1 heterocycles. The number of anilines is 1. The summed E-state index contributed by atoms with van der Waals surface area (Å²) < 4.78 is 28.6. The lowest BCUT2D eigenvalue weighted by Gasteiger charge is -2.32. The summed E-state index contributed by atoms with van der Waals surface area (Å²) in [6.07, 6.45) is 0. The number of hydrogen-bond donors (Lipinski definition) is 2. The summed E-state index contributed by atoms with van der Waals surface area (Å²) >= 11 is 0. The van der Waals surface area contributed by atoms with Crippen LogP contribution >= 0.6 is 0 Å². The molecule has 1 aromatic carbocycles. The molecule has 0 aliphatic carbocycles. The molecule has 8 nitrogen and oxygen atoms in total. The van der Waals surface area contributed by atoms with Gasteiger partial charge in [0, 0.05) is 37.9 Å². The van der Waals surface area contributed by atoms with E-state index in [1.54, 1.807) is 36.3 Å². The van der Waals surface area contributed by atoms with Crippen LogP contribution in [0.15, 0.2) is 24.3 Å². The summed E-state index contributed by atoms with van der Waals surface area (Å²) in [5.74, 6) is 0.645. The average molecular weight is 314 g/mol. The highest BCUT2D eigenvalue weighted by Gasteiger charge is 2.26. The molecule has 0 aromatic heterocycles. The maximum atomic E-state index is 12.1. The number of amides is 2. The van der Waals surface area contributed by atoms with Crippen LogP contribution in [0.25, 0.3) is 0 Å². The van der Waals surface area contributed by atoms with Gasteiger partial charge in [0.25, 0.3) is 10.2 Å². The van der Waals surface area contributed by atoms with E-state index in [-0.39, 0.29) is 19.1 Å². The minimum atomic E-state index is -3.68. The van der Waals surface area contributed by atoms with E-state index in [9.17, 15) is 13.2 Å². The summed E-state index contributed by atoms with van der Waals surface area (Å²) in [6, 6.07) is 6.73. The van der Waals surface area contributed by atoms with Crippen LogP contribution in [0.1, 0.15) is 0 Å². The monoisotopic (exact) mass is 314 g/mol. The Morgan fingerprint density at radius 1 is 1.29 bits per heavy atom. The van der Waals surface area contributed by atoms with Gasteiger partial charge in [-0.1, -0.05) is 6.07 Å². The van der Waals surface area contributed by atoms with E-state index >= 15 is 0 Å². The molecule has 0 bridgehead atoms. The number of benzene rings is 1. The molecule has 116 valence electrons. The van der Waals surface area contributed by atoms with E-state index in [1.807, 2.05) is 0 Å². The fourth-order valence-electron chi connectivity index (χ4n) is 2.05. The molecular weight excluding hydrogens is 296 g/mol. The quantitative estimate of drug-likeness (QED) is 0.822. The van der Waals surface area contributed by atoms with E-state index < -0.39 is 10.2 Å². The summed E-state index contributed by atoms with van der Waals surface area (Å²) in [6.45, 7) is 0.993. The summed E-state index contributed by atoms with van der Waals surface area (Å²) in [5, 5.41) is 7.80. The number of nitrogens with zero attached hydrogens (tertiary/aromatic N) is 2. The number of hydrogen-bond acceptors (Lipinski definition) is 4. The molecule has 2 amide bonds. The lowest BCUT2D eigenvalue weighted by Crippen LogP contribution is -2.53. The highest BCUT2D eigenvalue weighted by atomic mass is 32.2. The number of nitrogens with two attached hydrogens (primary N) is 1. The number of carbonyl (C=O) groups is 1. The van der Waals surface area contributed by atoms with Crippen LogP contribution in [-0.4, -0.2) is 56.9 Å². The van der Waals surface area contributed by atoms with Crippen LogP contribution in [0.2, 0.25) is 0 Å². The maximum absolute atomic E-state index is 12.1. The van der Waals surface area contributed by atoms with E-state index in [0.29, 0.717) is 24.5 Å². The molecule has 1 aliphatic heterocycles. The molecule has 0 atom stereocenters. The number of ether oxygens (including phenoxy) is 1. The van der Waals surface area contributed by atoms with Gasteiger partial charge in [0.05, 0.1) is 7.11 Å².